The van der Waals surface area contributed by atoms with Gasteiger partial charge in [-0.1, -0.05) is 12.8 Å². The molecular weight excluding hydrogens is 260 g/mol. The van der Waals surface area contributed by atoms with E-state index in [-0.39, 0.29) is 0 Å². The Kier molecular flexibility index (Phi) is 5.07. The third kappa shape index (κ3) is 3.54. The van der Waals surface area contributed by atoms with Gasteiger partial charge in [-0.3, -0.25) is 0 Å². The van der Waals surface area contributed by atoms with Crippen LogP contribution < -0.4 is 10.2 Å². The second-order valence-electron chi connectivity index (χ2n) is 6.37. The molecular formula is C17H28N4. The minimum atomic E-state index is 0.620. The first kappa shape index (κ1) is 14.8. The van der Waals surface area contributed by atoms with Crippen LogP contribution in [0, 0.1) is 0 Å². The summed E-state index contributed by atoms with van der Waals surface area (Å²) >= 11 is 0. The maximum absolute atomic E-state index is 4.66. The van der Waals surface area contributed by atoms with E-state index in [2.05, 4.69) is 27.1 Å². The van der Waals surface area contributed by atoms with Crippen molar-refractivity contribution in [2.24, 2.45) is 0 Å². The molecule has 1 N–H and O–H groups in total. The van der Waals surface area contributed by atoms with Crippen molar-refractivity contribution in [2.75, 3.05) is 24.5 Å². The van der Waals surface area contributed by atoms with Crippen LogP contribution in [0.25, 0.3) is 0 Å². The number of hydrogen-bond donors (Lipinski definition) is 1. The lowest BCUT2D eigenvalue weighted by Gasteiger charge is -2.32. The highest BCUT2D eigenvalue weighted by molar-refractivity contribution is 5.49. The van der Waals surface area contributed by atoms with Crippen molar-refractivity contribution in [3.05, 3.63) is 17.6 Å². The Morgan fingerprint density at radius 3 is 2.86 bits per heavy atom. The first-order valence-electron chi connectivity index (χ1n) is 8.69. The molecule has 2 aliphatic rings. The molecule has 4 heteroatoms. The van der Waals surface area contributed by atoms with Crippen molar-refractivity contribution in [3.63, 3.8) is 0 Å². The van der Waals surface area contributed by atoms with E-state index >= 15 is 0 Å². The zero-order chi connectivity index (χ0) is 14.5. The smallest absolute Gasteiger partial charge is 0.135 e. The number of piperidine rings is 1. The van der Waals surface area contributed by atoms with Gasteiger partial charge in [-0.25, -0.2) is 9.97 Å². The van der Waals surface area contributed by atoms with E-state index in [0.717, 1.165) is 25.9 Å². The number of fused-ring (bicyclic) bond motifs is 1. The van der Waals surface area contributed by atoms with Crippen molar-refractivity contribution in [1.29, 1.82) is 0 Å². The second kappa shape index (κ2) is 7.21. The molecule has 0 amide bonds. The lowest BCUT2D eigenvalue weighted by atomic mass is 10.0. The molecule has 1 aliphatic carbocycles. The van der Waals surface area contributed by atoms with Gasteiger partial charge < -0.3 is 10.2 Å². The Balaban J connectivity index is 1.79. The first-order chi connectivity index (χ1) is 10.4. The largest absolute Gasteiger partial charge is 0.355 e. The zero-order valence-corrected chi connectivity index (χ0v) is 13.3. The summed E-state index contributed by atoms with van der Waals surface area (Å²) < 4.78 is 0. The number of aryl methyl sites for hydroxylation is 1. The van der Waals surface area contributed by atoms with Gasteiger partial charge in [-0.15, -0.1) is 0 Å². The van der Waals surface area contributed by atoms with Crippen LogP contribution in [0.2, 0.25) is 0 Å². The molecule has 116 valence electrons. The average Bonchev–Trinajstić information content (AvgIpc) is 2.79. The van der Waals surface area contributed by atoms with Crippen molar-refractivity contribution >= 4 is 5.82 Å². The first-order valence-corrected chi connectivity index (χ1v) is 8.69. The molecule has 1 unspecified atom stereocenters. The quantitative estimate of drug-likeness (QED) is 0.865. The molecule has 2 heterocycles. The van der Waals surface area contributed by atoms with Crippen LogP contribution in [0.15, 0.2) is 6.33 Å². The van der Waals surface area contributed by atoms with E-state index in [1.807, 2.05) is 0 Å². The van der Waals surface area contributed by atoms with Gasteiger partial charge in [0.2, 0.25) is 0 Å². The van der Waals surface area contributed by atoms with Crippen molar-refractivity contribution < 1.29 is 0 Å². The van der Waals surface area contributed by atoms with Crippen molar-refractivity contribution in [3.8, 4) is 0 Å². The fraction of sp³-hybridized carbons (Fsp3) is 0.765. The molecule has 0 radical (unpaired) electrons. The molecule has 0 saturated carbocycles. The summed E-state index contributed by atoms with van der Waals surface area (Å²) in [6.45, 7) is 5.53. The highest BCUT2D eigenvalue weighted by Gasteiger charge is 2.21. The number of rotatable bonds is 4. The number of anilines is 1. The number of aromatic nitrogens is 2. The molecule has 1 aromatic rings. The summed E-state index contributed by atoms with van der Waals surface area (Å²) in [6.07, 6.45) is 11.9. The van der Waals surface area contributed by atoms with Crippen molar-refractivity contribution in [2.45, 2.75) is 64.3 Å². The van der Waals surface area contributed by atoms with E-state index in [4.69, 9.17) is 0 Å². The number of nitrogens with zero attached hydrogens (tertiary/aromatic N) is 3. The van der Waals surface area contributed by atoms with Gasteiger partial charge in [-0.2, -0.15) is 0 Å². The highest BCUT2D eigenvalue weighted by atomic mass is 15.2. The Morgan fingerprint density at radius 2 is 2.05 bits per heavy atom. The predicted molar refractivity (Wildman–Crippen MR) is 86.8 cm³/mol. The number of hydrogen-bond acceptors (Lipinski definition) is 4. The molecule has 1 aromatic heterocycles. The molecule has 1 fully saturated rings. The van der Waals surface area contributed by atoms with Crippen molar-refractivity contribution in [1.82, 2.24) is 15.3 Å². The summed E-state index contributed by atoms with van der Waals surface area (Å²) in [5.74, 6) is 1.21. The SMILES string of the molecule is CCN(CC1CCCCN1)c1ncnc2c1CCCCC2. The second-order valence-corrected chi connectivity index (χ2v) is 6.37. The fourth-order valence-corrected chi connectivity index (χ4v) is 3.66. The maximum atomic E-state index is 4.66. The van der Waals surface area contributed by atoms with E-state index in [0.29, 0.717) is 6.04 Å². The topological polar surface area (TPSA) is 41.0 Å². The van der Waals surface area contributed by atoms with Crippen LogP contribution in [0.1, 0.15) is 56.7 Å². The molecule has 3 rings (SSSR count). The molecule has 0 aromatic carbocycles. The van der Waals surface area contributed by atoms with Crippen LogP contribution in [-0.2, 0) is 12.8 Å². The summed E-state index contributed by atoms with van der Waals surface area (Å²) in [7, 11) is 0. The fourth-order valence-electron chi connectivity index (χ4n) is 3.66. The molecule has 0 bridgehead atoms. The Labute approximate surface area is 128 Å². The Morgan fingerprint density at radius 1 is 1.14 bits per heavy atom. The monoisotopic (exact) mass is 288 g/mol. The number of nitrogens with one attached hydrogen (secondary N) is 1. The predicted octanol–water partition coefficient (Wildman–Crippen LogP) is 2.71. The molecule has 21 heavy (non-hydrogen) atoms. The van der Waals surface area contributed by atoms with Gasteiger partial charge in [0.05, 0.1) is 0 Å². The van der Waals surface area contributed by atoms with E-state index < -0.39 is 0 Å². The minimum Gasteiger partial charge on any atom is -0.355 e. The highest BCUT2D eigenvalue weighted by Crippen LogP contribution is 2.27. The minimum absolute atomic E-state index is 0.620. The van der Waals surface area contributed by atoms with Crippen LogP contribution in [0.3, 0.4) is 0 Å². The van der Waals surface area contributed by atoms with E-state index in [9.17, 15) is 0 Å². The summed E-state index contributed by atoms with van der Waals surface area (Å²) in [5.41, 5.74) is 2.72. The Hall–Kier alpha value is -1.16. The maximum Gasteiger partial charge on any atom is 0.135 e. The molecule has 0 spiro atoms. The molecule has 1 aliphatic heterocycles. The molecule has 1 saturated heterocycles. The van der Waals surface area contributed by atoms with Gasteiger partial charge in [0, 0.05) is 30.4 Å². The van der Waals surface area contributed by atoms with Crippen LogP contribution >= 0.6 is 0 Å². The molecule has 4 nitrogen and oxygen atoms in total. The van der Waals surface area contributed by atoms with Crippen LogP contribution in [0.4, 0.5) is 5.82 Å². The summed E-state index contributed by atoms with van der Waals surface area (Å²) in [5, 5.41) is 3.66. The Bertz CT molecular complexity index is 454. The van der Waals surface area contributed by atoms with Crippen LogP contribution in [-0.4, -0.2) is 35.6 Å². The van der Waals surface area contributed by atoms with Gasteiger partial charge in [-0.05, 0) is 52.0 Å². The number of likely N-dealkylation sites (N-methyl/N-ethyl adjacent to an activating group) is 1. The lowest BCUT2D eigenvalue weighted by Crippen LogP contribution is -2.44. The van der Waals surface area contributed by atoms with Gasteiger partial charge >= 0.3 is 0 Å². The third-order valence-corrected chi connectivity index (χ3v) is 4.89. The van der Waals surface area contributed by atoms with Gasteiger partial charge in [0.25, 0.3) is 0 Å². The van der Waals surface area contributed by atoms with Gasteiger partial charge in [0.15, 0.2) is 0 Å². The standard InChI is InChI=1S/C17H28N4/c1-2-21(12-14-8-6-7-11-18-14)17-15-9-4-3-5-10-16(15)19-13-20-17/h13-14,18H,2-12H2,1H3. The summed E-state index contributed by atoms with van der Waals surface area (Å²) in [6, 6.07) is 0.620. The van der Waals surface area contributed by atoms with Crippen LogP contribution in [0.5, 0.6) is 0 Å². The van der Waals surface area contributed by atoms with Gasteiger partial charge in [0.1, 0.15) is 12.1 Å². The normalized spacial score (nSPS) is 22.4. The van der Waals surface area contributed by atoms with E-state index in [1.165, 1.54) is 62.1 Å². The zero-order valence-electron chi connectivity index (χ0n) is 13.3. The lowest BCUT2D eigenvalue weighted by molar-refractivity contribution is 0.399. The average molecular weight is 288 g/mol. The summed E-state index contributed by atoms with van der Waals surface area (Å²) in [4.78, 5) is 11.7. The van der Waals surface area contributed by atoms with E-state index in [1.54, 1.807) is 6.33 Å². The molecule has 1 atom stereocenters. The third-order valence-electron chi connectivity index (χ3n) is 4.89.